The maximum absolute atomic E-state index is 14.4. The highest BCUT2D eigenvalue weighted by molar-refractivity contribution is 6.48. The summed E-state index contributed by atoms with van der Waals surface area (Å²) in [7, 11) is -0.560. The van der Waals surface area contributed by atoms with Gasteiger partial charge in [-0.15, -0.1) is 0 Å². The molecule has 0 aliphatic carbocycles. The van der Waals surface area contributed by atoms with Crippen LogP contribution >= 0.6 is 0 Å². The molecule has 0 bridgehead atoms. The van der Waals surface area contributed by atoms with Crippen LogP contribution in [0.25, 0.3) is 4.85 Å². The Kier molecular flexibility index (Phi) is 7.74. The number of carbonyl (C=O) groups excluding carboxylic acids is 2. The van der Waals surface area contributed by atoms with Gasteiger partial charge in [0.15, 0.2) is 11.5 Å². The minimum absolute atomic E-state index is 0.0520. The molecule has 1 amide bonds. The smallest absolute Gasteiger partial charge is 0.402 e. The Hall–Kier alpha value is -2.44. The van der Waals surface area contributed by atoms with E-state index in [4.69, 9.17) is 15.9 Å². The summed E-state index contributed by atoms with van der Waals surface area (Å²) in [6.45, 7) is 19.6. The number of nitrogens with one attached hydrogen (secondary N) is 1. The lowest BCUT2D eigenvalue weighted by molar-refractivity contribution is -0.126. The Balaban J connectivity index is 1.57. The van der Waals surface area contributed by atoms with E-state index in [0.29, 0.717) is 31.0 Å². The molecule has 0 spiro atoms. The SMILES string of the molecule is [C-]#[N+]c1ccc(N2CC[C@H]2C(=O)CCC(=O)N[C@@H](CC(C)C)B2OC(C)(C)C(C)(C)O2)c(F)c1. The summed E-state index contributed by atoms with van der Waals surface area (Å²) in [5, 5.41) is 3.02. The van der Waals surface area contributed by atoms with Gasteiger partial charge in [0.25, 0.3) is 0 Å². The molecule has 2 fully saturated rings. The van der Waals surface area contributed by atoms with E-state index in [1.807, 2.05) is 27.7 Å². The van der Waals surface area contributed by atoms with Crippen molar-refractivity contribution >= 4 is 30.2 Å². The minimum Gasteiger partial charge on any atom is -0.402 e. The van der Waals surface area contributed by atoms with Gasteiger partial charge in [0.05, 0.1) is 35.4 Å². The number of amides is 1. The van der Waals surface area contributed by atoms with Gasteiger partial charge in [-0.25, -0.2) is 9.24 Å². The number of ketones is 1. The van der Waals surface area contributed by atoms with E-state index in [0.717, 1.165) is 0 Å². The molecule has 9 heteroatoms. The van der Waals surface area contributed by atoms with E-state index in [2.05, 4.69) is 24.0 Å². The summed E-state index contributed by atoms with van der Waals surface area (Å²) >= 11 is 0. The van der Waals surface area contributed by atoms with Gasteiger partial charge in [0.2, 0.25) is 5.91 Å². The molecule has 7 nitrogen and oxygen atoms in total. The second-order valence-electron chi connectivity index (χ2n) is 10.6. The Morgan fingerprint density at radius 2 is 1.88 bits per heavy atom. The van der Waals surface area contributed by atoms with Crippen LogP contribution in [0.4, 0.5) is 15.8 Å². The van der Waals surface area contributed by atoms with Crippen LogP contribution in [0.15, 0.2) is 18.2 Å². The fraction of sp³-hybridized carbons (Fsp3) is 0.640. The normalized spacial score (nSPS) is 21.7. The lowest BCUT2D eigenvalue weighted by Gasteiger charge is -2.42. The van der Waals surface area contributed by atoms with Crippen LogP contribution < -0.4 is 10.2 Å². The number of nitrogens with zero attached hydrogens (tertiary/aromatic N) is 2. The predicted octanol–water partition coefficient (Wildman–Crippen LogP) is 4.47. The standard InChI is InChI=1S/C25H35BFN3O4/c1-16(2)14-22(26-33-24(3,4)25(5,6)34-26)29-23(32)11-10-21(31)20-12-13-30(20)19-9-8-17(28-7)15-18(19)27/h8-9,15-16,20,22H,10-14H2,1-6H3,(H,29,32)/t20-,22-/m0/s1. The molecule has 1 aromatic rings. The summed E-state index contributed by atoms with van der Waals surface area (Å²) in [6, 6.07) is 3.81. The molecule has 3 rings (SSSR count). The number of hydrogen-bond acceptors (Lipinski definition) is 5. The Morgan fingerprint density at radius 3 is 2.38 bits per heavy atom. The van der Waals surface area contributed by atoms with Crippen molar-refractivity contribution in [3.63, 3.8) is 0 Å². The molecule has 2 aliphatic heterocycles. The molecule has 184 valence electrons. The summed E-state index contributed by atoms with van der Waals surface area (Å²) in [5.74, 6) is -0.835. The molecule has 2 aliphatic rings. The molecule has 1 N–H and O–H groups in total. The number of benzene rings is 1. The van der Waals surface area contributed by atoms with Gasteiger partial charge >= 0.3 is 7.12 Å². The molecule has 1 aromatic carbocycles. The zero-order valence-electron chi connectivity index (χ0n) is 21.0. The second kappa shape index (κ2) is 10.0. The average Bonchev–Trinajstić information content (AvgIpc) is 2.93. The van der Waals surface area contributed by atoms with E-state index < -0.39 is 30.2 Å². The van der Waals surface area contributed by atoms with Crippen LogP contribution in [0, 0.1) is 18.3 Å². The van der Waals surface area contributed by atoms with Gasteiger partial charge < -0.3 is 19.5 Å². The minimum atomic E-state index is -0.560. The van der Waals surface area contributed by atoms with Crippen LogP contribution in [0.3, 0.4) is 0 Å². The highest BCUT2D eigenvalue weighted by atomic mass is 19.1. The molecule has 0 unspecified atom stereocenters. The van der Waals surface area contributed by atoms with Crippen LogP contribution in [0.2, 0.25) is 0 Å². The Labute approximate surface area is 202 Å². The number of rotatable bonds is 9. The van der Waals surface area contributed by atoms with Gasteiger partial charge in [-0.3, -0.25) is 9.59 Å². The van der Waals surface area contributed by atoms with Gasteiger partial charge in [-0.2, -0.15) is 0 Å². The highest BCUT2D eigenvalue weighted by Crippen LogP contribution is 2.38. The first-order chi connectivity index (χ1) is 15.8. The van der Waals surface area contributed by atoms with E-state index in [9.17, 15) is 14.0 Å². The van der Waals surface area contributed by atoms with Crippen molar-refractivity contribution in [1.82, 2.24) is 5.32 Å². The van der Waals surface area contributed by atoms with E-state index >= 15 is 0 Å². The largest absolute Gasteiger partial charge is 0.481 e. The van der Waals surface area contributed by atoms with Crippen molar-refractivity contribution in [3.8, 4) is 0 Å². The Bertz CT molecular complexity index is 959. The second-order valence-corrected chi connectivity index (χ2v) is 10.6. The van der Waals surface area contributed by atoms with Gasteiger partial charge in [-0.1, -0.05) is 19.9 Å². The molecule has 2 heterocycles. The van der Waals surface area contributed by atoms with Crippen molar-refractivity contribution in [3.05, 3.63) is 35.4 Å². The summed E-state index contributed by atoms with van der Waals surface area (Å²) in [5.41, 5.74) is -0.453. The predicted molar refractivity (Wildman–Crippen MR) is 130 cm³/mol. The molecule has 34 heavy (non-hydrogen) atoms. The zero-order valence-corrected chi connectivity index (χ0v) is 21.0. The van der Waals surface area contributed by atoms with Crippen LogP contribution in [-0.2, 0) is 18.9 Å². The zero-order chi connectivity index (χ0) is 25.3. The number of halogens is 1. The van der Waals surface area contributed by atoms with Crippen LogP contribution in [0.5, 0.6) is 0 Å². The maximum Gasteiger partial charge on any atom is 0.481 e. The third kappa shape index (κ3) is 5.61. The van der Waals surface area contributed by atoms with Crippen molar-refractivity contribution < 1.29 is 23.3 Å². The third-order valence-corrected chi connectivity index (χ3v) is 7.03. The average molecular weight is 471 g/mol. The number of anilines is 1. The highest BCUT2D eigenvalue weighted by Gasteiger charge is 2.54. The number of hydrogen-bond donors (Lipinski definition) is 1. The molecular weight excluding hydrogens is 436 g/mol. The van der Waals surface area contributed by atoms with Crippen molar-refractivity contribution in [2.45, 2.75) is 90.4 Å². The number of carbonyl (C=O) groups is 2. The molecular formula is C25H35BFN3O4. The van der Waals surface area contributed by atoms with E-state index in [-0.39, 0.29) is 36.2 Å². The maximum atomic E-state index is 14.4. The van der Waals surface area contributed by atoms with Crippen molar-refractivity contribution in [2.24, 2.45) is 5.92 Å². The first-order valence-corrected chi connectivity index (χ1v) is 12.0. The molecule has 0 aromatic heterocycles. The first kappa shape index (κ1) is 26.2. The first-order valence-electron chi connectivity index (χ1n) is 12.0. The lowest BCUT2D eigenvalue weighted by Crippen LogP contribution is -2.53. The quantitative estimate of drug-likeness (QED) is 0.425. The van der Waals surface area contributed by atoms with E-state index in [1.165, 1.54) is 12.1 Å². The van der Waals surface area contributed by atoms with E-state index in [1.54, 1.807) is 11.0 Å². The van der Waals surface area contributed by atoms with Gasteiger partial charge in [0.1, 0.15) is 5.82 Å². The van der Waals surface area contributed by atoms with Crippen LogP contribution in [0.1, 0.15) is 67.2 Å². The fourth-order valence-corrected chi connectivity index (χ4v) is 4.29. The van der Waals surface area contributed by atoms with Gasteiger partial charge in [0, 0.05) is 19.4 Å². The van der Waals surface area contributed by atoms with Crippen molar-refractivity contribution in [1.29, 1.82) is 0 Å². The molecule has 2 atom stereocenters. The third-order valence-electron chi connectivity index (χ3n) is 7.03. The van der Waals surface area contributed by atoms with Gasteiger partial charge in [-0.05, 0) is 58.6 Å². The summed E-state index contributed by atoms with van der Waals surface area (Å²) in [6.07, 6.45) is 1.43. The summed E-state index contributed by atoms with van der Waals surface area (Å²) in [4.78, 5) is 30.5. The van der Waals surface area contributed by atoms with Crippen LogP contribution in [-0.4, -0.2) is 48.5 Å². The molecule has 0 radical (unpaired) electrons. The summed E-state index contributed by atoms with van der Waals surface area (Å²) < 4.78 is 26.7. The lowest BCUT2D eigenvalue weighted by atomic mass is 9.74. The topological polar surface area (TPSA) is 72.2 Å². The molecule has 2 saturated heterocycles. The molecule has 0 saturated carbocycles. The number of Topliss-reactive ketones (excluding diaryl/α,β-unsaturated/α-hetero) is 1. The monoisotopic (exact) mass is 471 g/mol. The van der Waals surface area contributed by atoms with Crippen molar-refractivity contribution in [2.75, 3.05) is 11.4 Å². The fourth-order valence-electron chi connectivity index (χ4n) is 4.29. The Morgan fingerprint density at radius 1 is 1.24 bits per heavy atom.